The minimum atomic E-state index is -0.405. The summed E-state index contributed by atoms with van der Waals surface area (Å²) in [5.41, 5.74) is 0.541. The third-order valence-electron chi connectivity index (χ3n) is 7.94. The van der Waals surface area contributed by atoms with Crippen LogP contribution in [0.1, 0.15) is 57.6 Å². The molecule has 1 saturated heterocycles. The van der Waals surface area contributed by atoms with E-state index in [-0.39, 0.29) is 35.3 Å². The van der Waals surface area contributed by atoms with Crippen molar-refractivity contribution in [2.45, 2.75) is 81.5 Å². The van der Waals surface area contributed by atoms with Crippen molar-refractivity contribution in [3.63, 3.8) is 0 Å². The van der Waals surface area contributed by atoms with Gasteiger partial charge in [-0.05, 0) is 75.1 Å². The number of thioether (sulfide) groups is 1. The van der Waals surface area contributed by atoms with Gasteiger partial charge in [0.25, 0.3) is 5.56 Å². The summed E-state index contributed by atoms with van der Waals surface area (Å²) in [6.45, 7) is 4.16. The molecule has 2 amide bonds. The molecule has 0 unspecified atom stereocenters. The van der Waals surface area contributed by atoms with E-state index in [9.17, 15) is 14.4 Å². The Morgan fingerprint density at radius 1 is 1.10 bits per heavy atom. The van der Waals surface area contributed by atoms with Gasteiger partial charge in [0.05, 0.1) is 35.1 Å². The van der Waals surface area contributed by atoms with E-state index in [1.54, 1.807) is 23.0 Å². The van der Waals surface area contributed by atoms with Gasteiger partial charge in [-0.25, -0.2) is 4.98 Å². The van der Waals surface area contributed by atoms with Gasteiger partial charge in [0.1, 0.15) is 5.76 Å². The number of nitrogens with zero attached hydrogens (tertiary/aromatic N) is 2. The molecule has 214 valence electrons. The molecule has 2 aromatic heterocycles. The number of hydrogen-bond acceptors (Lipinski definition) is 7. The van der Waals surface area contributed by atoms with Crippen LogP contribution in [0.3, 0.4) is 0 Å². The number of fused-ring (bicyclic) bond motifs is 1. The van der Waals surface area contributed by atoms with Crippen LogP contribution < -0.4 is 16.2 Å². The zero-order valence-corrected chi connectivity index (χ0v) is 23.8. The Morgan fingerprint density at radius 2 is 1.93 bits per heavy atom. The van der Waals surface area contributed by atoms with Crippen LogP contribution in [0.2, 0.25) is 0 Å². The van der Waals surface area contributed by atoms with Crippen LogP contribution in [-0.4, -0.2) is 45.9 Å². The molecule has 2 atom stereocenters. The topological polar surface area (TPSA) is 115 Å². The molecule has 2 aliphatic rings. The number of carbonyl (C=O) groups excluding carboxylic acids is 2. The number of amides is 2. The third kappa shape index (κ3) is 6.96. The minimum absolute atomic E-state index is 0.000258. The number of carbonyl (C=O) groups is 2. The van der Waals surface area contributed by atoms with Gasteiger partial charge < -0.3 is 19.8 Å². The van der Waals surface area contributed by atoms with E-state index in [0.29, 0.717) is 47.9 Å². The van der Waals surface area contributed by atoms with E-state index in [1.165, 1.54) is 11.8 Å². The quantitative estimate of drug-likeness (QED) is 0.263. The Kier molecular flexibility index (Phi) is 9.59. The molecule has 3 heterocycles. The van der Waals surface area contributed by atoms with Crippen LogP contribution in [0.15, 0.2) is 57.0 Å². The molecule has 1 saturated carbocycles. The molecule has 3 aromatic rings. The lowest BCUT2D eigenvalue weighted by Gasteiger charge is -2.29. The summed E-state index contributed by atoms with van der Waals surface area (Å²) in [5.74, 6) is 0.939. The molecule has 5 rings (SSSR count). The van der Waals surface area contributed by atoms with Gasteiger partial charge >= 0.3 is 0 Å². The Bertz CT molecular complexity index is 1340. The van der Waals surface area contributed by atoms with Gasteiger partial charge in [-0.3, -0.25) is 19.0 Å². The Balaban J connectivity index is 1.26. The van der Waals surface area contributed by atoms with Crippen molar-refractivity contribution < 1.29 is 18.7 Å². The maximum absolute atomic E-state index is 13.6. The smallest absolute Gasteiger partial charge is 0.262 e. The average Bonchev–Trinajstić information content (AvgIpc) is 3.70. The second-order valence-electron chi connectivity index (χ2n) is 10.7. The summed E-state index contributed by atoms with van der Waals surface area (Å²) in [5, 5.41) is 6.74. The second-order valence-corrected chi connectivity index (χ2v) is 11.9. The highest BCUT2D eigenvalue weighted by Crippen LogP contribution is 2.32. The normalized spacial score (nSPS) is 21.8. The summed E-state index contributed by atoms with van der Waals surface area (Å²) in [4.78, 5) is 44.3. The maximum atomic E-state index is 13.6. The van der Waals surface area contributed by atoms with E-state index in [1.807, 2.05) is 31.2 Å². The average molecular weight is 567 g/mol. The lowest BCUT2D eigenvalue weighted by Crippen LogP contribution is -2.38. The predicted octanol–water partition coefficient (Wildman–Crippen LogP) is 4.28. The van der Waals surface area contributed by atoms with Gasteiger partial charge in [0.2, 0.25) is 11.8 Å². The van der Waals surface area contributed by atoms with Gasteiger partial charge in [-0.1, -0.05) is 30.8 Å². The van der Waals surface area contributed by atoms with E-state index in [4.69, 9.17) is 14.1 Å². The van der Waals surface area contributed by atoms with E-state index < -0.39 is 5.25 Å². The second kappa shape index (κ2) is 13.5. The molecule has 0 radical (unpaired) electrons. The first-order chi connectivity index (χ1) is 19.5. The maximum Gasteiger partial charge on any atom is 0.262 e. The fraction of sp³-hybridized carbons (Fsp3) is 0.533. The van der Waals surface area contributed by atoms with Crippen molar-refractivity contribution in [3.8, 4) is 0 Å². The fourth-order valence-corrected chi connectivity index (χ4v) is 6.63. The first kappa shape index (κ1) is 28.4. The standard InChI is InChI=1S/C30H38N4O5S/c1-2-26(28(36)32-18-23-8-6-16-39-23)40-30-33-25-10-4-3-9-24(25)29(37)34(30)19-20-11-13-21(14-12-20)27(35)31-17-22-7-5-15-38-22/h3-4,6,8-10,16,20-22,26H,2,5,7,11-15,17-19H2,1H3,(H,31,35)(H,32,36)/t20?,21?,22-,26-/m0/s1. The highest BCUT2D eigenvalue weighted by molar-refractivity contribution is 8.00. The molecule has 0 spiro atoms. The lowest BCUT2D eigenvalue weighted by molar-refractivity contribution is -0.126. The van der Waals surface area contributed by atoms with Crippen LogP contribution in [0.25, 0.3) is 10.9 Å². The molecule has 40 heavy (non-hydrogen) atoms. The van der Waals surface area contributed by atoms with Gasteiger partial charge in [0, 0.05) is 25.6 Å². The Hall–Kier alpha value is -3.11. The highest BCUT2D eigenvalue weighted by atomic mass is 32.2. The SMILES string of the molecule is CC[C@H](Sc1nc2ccccc2c(=O)n1CC1CCC(C(=O)NC[C@@H]2CCCO2)CC1)C(=O)NCc1ccco1. The summed E-state index contributed by atoms with van der Waals surface area (Å²) in [6.07, 6.45) is 7.70. The largest absolute Gasteiger partial charge is 0.467 e. The zero-order chi connectivity index (χ0) is 27.9. The minimum Gasteiger partial charge on any atom is -0.467 e. The first-order valence-electron chi connectivity index (χ1n) is 14.4. The molecule has 10 heteroatoms. The van der Waals surface area contributed by atoms with Crippen LogP contribution in [-0.2, 0) is 27.4 Å². The van der Waals surface area contributed by atoms with Crippen molar-refractivity contribution in [2.24, 2.45) is 11.8 Å². The van der Waals surface area contributed by atoms with E-state index in [2.05, 4.69) is 10.6 Å². The van der Waals surface area contributed by atoms with Crippen molar-refractivity contribution in [3.05, 3.63) is 58.8 Å². The summed E-state index contributed by atoms with van der Waals surface area (Å²) >= 11 is 1.34. The molecule has 1 aliphatic heterocycles. The number of nitrogens with one attached hydrogen (secondary N) is 2. The molecule has 9 nitrogen and oxygen atoms in total. The Morgan fingerprint density at radius 3 is 2.65 bits per heavy atom. The van der Waals surface area contributed by atoms with Crippen LogP contribution in [0.4, 0.5) is 0 Å². The summed E-state index contributed by atoms with van der Waals surface area (Å²) in [6, 6.07) is 11.0. The first-order valence-corrected chi connectivity index (χ1v) is 15.3. The number of aromatic nitrogens is 2. The molecular formula is C30H38N4O5S. The molecule has 2 N–H and O–H groups in total. The van der Waals surface area contributed by atoms with E-state index in [0.717, 1.165) is 45.1 Å². The molecule has 1 aliphatic carbocycles. The number of rotatable bonds is 11. The fourth-order valence-electron chi connectivity index (χ4n) is 5.58. The number of furan rings is 1. The van der Waals surface area contributed by atoms with Crippen molar-refractivity contribution in [1.82, 2.24) is 20.2 Å². The molecule has 2 fully saturated rings. The monoisotopic (exact) mass is 566 g/mol. The molecular weight excluding hydrogens is 528 g/mol. The van der Waals surface area contributed by atoms with Crippen molar-refractivity contribution in [2.75, 3.05) is 13.2 Å². The molecule has 0 bridgehead atoms. The Labute approximate surface area is 238 Å². The van der Waals surface area contributed by atoms with Crippen LogP contribution in [0.5, 0.6) is 0 Å². The zero-order valence-electron chi connectivity index (χ0n) is 23.0. The van der Waals surface area contributed by atoms with Gasteiger partial charge in [-0.2, -0.15) is 0 Å². The summed E-state index contributed by atoms with van der Waals surface area (Å²) in [7, 11) is 0. The van der Waals surface area contributed by atoms with Crippen molar-refractivity contribution in [1.29, 1.82) is 0 Å². The predicted molar refractivity (Wildman–Crippen MR) is 154 cm³/mol. The number of benzene rings is 1. The van der Waals surface area contributed by atoms with Gasteiger partial charge in [0.15, 0.2) is 5.16 Å². The van der Waals surface area contributed by atoms with Gasteiger partial charge in [-0.15, -0.1) is 0 Å². The number of ether oxygens (including phenoxy) is 1. The lowest BCUT2D eigenvalue weighted by atomic mass is 9.81. The highest BCUT2D eigenvalue weighted by Gasteiger charge is 2.29. The van der Waals surface area contributed by atoms with Crippen LogP contribution >= 0.6 is 11.8 Å². The number of para-hydroxylation sites is 1. The molecule has 1 aromatic carbocycles. The van der Waals surface area contributed by atoms with Crippen LogP contribution in [0, 0.1) is 11.8 Å². The third-order valence-corrected chi connectivity index (χ3v) is 9.30. The number of hydrogen-bond donors (Lipinski definition) is 2. The van der Waals surface area contributed by atoms with Crippen molar-refractivity contribution >= 4 is 34.5 Å². The van der Waals surface area contributed by atoms with E-state index >= 15 is 0 Å². The summed E-state index contributed by atoms with van der Waals surface area (Å²) < 4.78 is 12.7.